The van der Waals surface area contributed by atoms with Crippen molar-refractivity contribution in [2.24, 2.45) is 11.8 Å². The zero-order chi connectivity index (χ0) is 21.2. The molecule has 10 heteroatoms. The van der Waals surface area contributed by atoms with Crippen LogP contribution in [0.25, 0.3) is 0 Å². The topological polar surface area (TPSA) is 74.3 Å². The summed E-state index contributed by atoms with van der Waals surface area (Å²) in [4.78, 5) is 13.7. The summed E-state index contributed by atoms with van der Waals surface area (Å²) < 4.78 is 61.8. The van der Waals surface area contributed by atoms with E-state index in [2.05, 4.69) is 42.5 Å². The summed E-state index contributed by atoms with van der Waals surface area (Å²) in [6, 6.07) is 14.6. The SMILES string of the molecule is O=C(C1=C([I+]c2ccccc2)[C@H]2C=C[C@@H]1C2)c1cccs1.O=S(=O)([O-])C(F)(F)F. The van der Waals surface area contributed by atoms with Crippen LogP contribution in [0.4, 0.5) is 13.2 Å². The van der Waals surface area contributed by atoms with E-state index in [-0.39, 0.29) is 27.0 Å². The normalized spacial score (nSPS) is 20.6. The maximum absolute atomic E-state index is 12.8. The number of benzene rings is 1. The summed E-state index contributed by atoms with van der Waals surface area (Å²) in [5, 5.41) is 1.99. The van der Waals surface area contributed by atoms with Crippen LogP contribution in [0.1, 0.15) is 16.1 Å². The molecule has 0 N–H and O–H groups in total. The number of fused-ring (bicyclic) bond motifs is 2. The monoisotopic (exact) mass is 554 g/mol. The molecule has 29 heavy (non-hydrogen) atoms. The highest BCUT2D eigenvalue weighted by Crippen LogP contribution is 2.42. The lowest BCUT2D eigenvalue weighted by Gasteiger charge is -2.08. The summed E-state index contributed by atoms with van der Waals surface area (Å²) in [5.41, 5.74) is -4.53. The van der Waals surface area contributed by atoms with Gasteiger partial charge in [0.25, 0.3) is 0 Å². The molecule has 0 saturated heterocycles. The zero-order valence-corrected chi connectivity index (χ0v) is 18.4. The van der Waals surface area contributed by atoms with Crippen LogP contribution in [-0.2, 0) is 10.1 Å². The minimum absolute atomic E-state index is 0.232. The summed E-state index contributed by atoms with van der Waals surface area (Å²) in [6.07, 6.45) is 5.67. The first-order chi connectivity index (χ1) is 13.6. The van der Waals surface area contributed by atoms with Crippen molar-refractivity contribution in [3.8, 4) is 0 Å². The van der Waals surface area contributed by atoms with Gasteiger partial charge in [0.05, 0.1) is 10.5 Å². The Morgan fingerprint density at radius 3 is 2.24 bits per heavy atom. The average Bonchev–Trinajstić information content (AvgIpc) is 3.38. The minimum Gasteiger partial charge on any atom is -0.741 e. The fourth-order valence-electron chi connectivity index (χ4n) is 3.01. The molecule has 2 aliphatic carbocycles. The molecular formula is C19H14F3IO4S2. The lowest BCUT2D eigenvalue weighted by atomic mass is 9.98. The second-order valence-corrected chi connectivity index (χ2v) is 11.5. The van der Waals surface area contributed by atoms with E-state index in [0.29, 0.717) is 11.8 Å². The molecule has 154 valence electrons. The fourth-order valence-corrected chi connectivity index (χ4v) is 6.93. The second-order valence-electron chi connectivity index (χ2n) is 6.19. The largest absolute Gasteiger partial charge is 0.741 e. The van der Waals surface area contributed by atoms with Gasteiger partial charge in [-0.05, 0) is 30.0 Å². The van der Waals surface area contributed by atoms with Gasteiger partial charge in [0, 0.05) is 11.8 Å². The quantitative estimate of drug-likeness (QED) is 0.189. The van der Waals surface area contributed by atoms with Crippen LogP contribution in [0.5, 0.6) is 0 Å². The van der Waals surface area contributed by atoms with Crippen LogP contribution >= 0.6 is 11.3 Å². The molecule has 4 nitrogen and oxygen atoms in total. The Balaban J connectivity index is 0.000000258. The number of hydrogen-bond donors (Lipinski definition) is 0. The van der Waals surface area contributed by atoms with Crippen molar-refractivity contribution in [1.29, 1.82) is 0 Å². The molecular weight excluding hydrogens is 540 g/mol. The summed E-state index contributed by atoms with van der Waals surface area (Å²) >= 11 is 1.33. The van der Waals surface area contributed by atoms with E-state index in [9.17, 15) is 18.0 Å². The lowest BCUT2D eigenvalue weighted by Crippen LogP contribution is -3.61. The van der Waals surface area contributed by atoms with Crippen molar-refractivity contribution in [3.63, 3.8) is 0 Å². The van der Waals surface area contributed by atoms with Gasteiger partial charge in [0.15, 0.2) is 17.3 Å². The van der Waals surface area contributed by atoms with E-state index in [1.807, 2.05) is 17.5 Å². The Kier molecular flexibility index (Phi) is 6.66. The van der Waals surface area contributed by atoms with Gasteiger partial charge >= 0.3 is 26.7 Å². The molecule has 0 unspecified atom stereocenters. The lowest BCUT2D eigenvalue weighted by molar-refractivity contribution is -0.581. The van der Waals surface area contributed by atoms with Crippen LogP contribution in [0, 0.1) is 15.4 Å². The average molecular weight is 554 g/mol. The van der Waals surface area contributed by atoms with Crippen molar-refractivity contribution in [2.75, 3.05) is 0 Å². The predicted molar refractivity (Wildman–Crippen MR) is 97.3 cm³/mol. The highest BCUT2D eigenvalue weighted by molar-refractivity contribution is 7.86. The van der Waals surface area contributed by atoms with Gasteiger partial charge in [-0.25, -0.2) is 8.42 Å². The van der Waals surface area contributed by atoms with E-state index in [0.717, 1.165) is 16.9 Å². The number of rotatable bonds is 4. The van der Waals surface area contributed by atoms with Crippen molar-refractivity contribution in [2.45, 2.75) is 11.9 Å². The number of ketones is 1. The molecule has 4 rings (SSSR count). The molecule has 1 heterocycles. The van der Waals surface area contributed by atoms with E-state index >= 15 is 0 Å². The molecule has 0 saturated carbocycles. The Labute approximate surface area is 180 Å². The number of carbonyl (C=O) groups is 1. The van der Waals surface area contributed by atoms with Gasteiger partial charge < -0.3 is 4.55 Å². The van der Waals surface area contributed by atoms with Crippen molar-refractivity contribution >= 4 is 27.2 Å². The number of carbonyl (C=O) groups excluding carboxylic acids is 1. The highest BCUT2D eigenvalue weighted by atomic mass is 127. The highest BCUT2D eigenvalue weighted by Gasteiger charge is 2.46. The van der Waals surface area contributed by atoms with E-state index in [1.165, 1.54) is 7.15 Å². The zero-order valence-electron chi connectivity index (χ0n) is 14.6. The number of halogens is 4. The van der Waals surface area contributed by atoms with E-state index < -0.39 is 15.6 Å². The molecule has 2 aromatic rings. The molecule has 2 bridgehead atoms. The van der Waals surface area contributed by atoms with Crippen LogP contribution < -0.4 is 21.2 Å². The smallest absolute Gasteiger partial charge is 0.485 e. The van der Waals surface area contributed by atoms with Crippen molar-refractivity contribution < 1.29 is 52.1 Å². The molecule has 0 radical (unpaired) electrons. The van der Waals surface area contributed by atoms with Gasteiger partial charge in [-0.1, -0.05) is 36.4 Å². The van der Waals surface area contributed by atoms with Gasteiger partial charge in [0.2, 0.25) is 5.78 Å². The van der Waals surface area contributed by atoms with Crippen LogP contribution in [0.3, 0.4) is 0 Å². The van der Waals surface area contributed by atoms with Gasteiger partial charge in [0.1, 0.15) is 0 Å². The van der Waals surface area contributed by atoms with Crippen LogP contribution in [-0.4, -0.2) is 24.3 Å². The first kappa shape index (κ1) is 22.2. The Bertz CT molecular complexity index is 1040. The van der Waals surface area contributed by atoms with Crippen LogP contribution in [0.2, 0.25) is 0 Å². The molecule has 2 atom stereocenters. The fraction of sp³-hybridized carbons (Fsp3) is 0.211. The molecule has 1 aromatic carbocycles. The number of hydrogen-bond acceptors (Lipinski definition) is 5. The summed E-state index contributed by atoms with van der Waals surface area (Å²) in [6.45, 7) is 0. The predicted octanol–water partition coefficient (Wildman–Crippen LogP) is 1.40. The minimum atomic E-state index is -6.09. The maximum atomic E-state index is 12.8. The third-order valence-corrected chi connectivity index (χ3v) is 8.99. The molecule has 0 amide bonds. The number of allylic oxidation sites excluding steroid dienone is 4. The third kappa shape index (κ3) is 5.16. The Morgan fingerprint density at radius 1 is 1.07 bits per heavy atom. The van der Waals surface area contributed by atoms with Gasteiger partial charge in [-0.15, -0.1) is 11.3 Å². The summed E-state index contributed by atoms with van der Waals surface area (Å²) in [5.74, 6) is 1.15. The van der Waals surface area contributed by atoms with Crippen molar-refractivity contribution in [3.05, 3.63) is 77.6 Å². The molecule has 1 aromatic heterocycles. The Hall–Kier alpha value is -1.50. The number of alkyl halides is 3. The standard InChI is InChI=1S/C18H14IOS.CHF3O3S/c20-18(15-7-4-10-21-15)16-12-8-9-13(11-12)17(16)19-14-5-2-1-3-6-14;2-1(3,4)8(5,6)7/h1-10,12-13H,11H2;(H,5,6,7)/q+1;/p-1/t12-,13+;/m1./s1. The van der Waals surface area contributed by atoms with Gasteiger partial charge in [-0.3, -0.25) is 4.79 Å². The summed E-state index contributed by atoms with van der Waals surface area (Å²) in [7, 11) is -6.09. The van der Waals surface area contributed by atoms with E-state index in [4.69, 9.17) is 13.0 Å². The Morgan fingerprint density at radius 2 is 1.69 bits per heavy atom. The maximum Gasteiger partial charge on any atom is 0.485 e. The second kappa shape index (κ2) is 8.70. The first-order valence-electron chi connectivity index (χ1n) is 8.30. The third-order valence-electron chi connectivity index (χ3n) is 4.25. The van der Waals surface area contributed by atoms with Crippen molar-refractivity contribution in [1.82, 2.24) is 0 Å². The van der Waals surface area contributed by atoms with Gasteiger partial charge in [-0.2, -0.15) is 13.2 Å². The molecule has 0 aliphatic heterocycles. The molecule has 0 spiro atoms. The number of thiophene rings is 1. The van der Waals surface area contributed by atoms with Crippen LogP contribution in [0.15, 0.2) is 69.1 Å². The first-order valence-corrected chi connectivity index (χ1v) is 12.7. The molecule has 0 fully saturated rings. The van der Waals surface area contributed by atoms with E-state index in [1.54, 1.807) is 11.3 Å². The molecule has 2 aliphatic rings. The number of Topliss-reactive ketones (excluding diaryl/α,β-unsaturated/α-hetero) is 1.